The van der Waals surface area contributed by atoms with Gasteiger partial charge in [-0.3, -0.25) is 4.90 Å². The molecular formula is C22H37F3N2O. The molecule has 28 heavy (non-hydrogen) atoms. The Bertz CT molecular complexity index is 495. The molecule has 162 valence electrons. The highest BCUT2D eigenvalue weighted by atomic mass is 19.4. The van der Waals surface area contributed by atoms with Crippen molar-refractivity contribution in [1.82, 2.24) is 10.2 Å². The van der Waals surface area contributed by atoms with E-state index >= 15 is 0 Å². The van der Waals surface area contributed by atoms with Gasteiger partial charge in [0.05, 0.1) is 12.5 Å². The second-order valence-electron chi connectivity index (χ2n) is 9.81. The van der Waals surface area contributed by atoms with Gasteiger partial charge in [-0.05, 0) is 82.2 Å². The maximum Gasteiger partial charge on any atom is 0.393 e. The number of rotatable bonds is 5. The standard InChI is InChI=1S/C22H37F3N2O/c23-22(24,25)18-5-3-11-27(13-18)21-7-1-4-17-12-16(8-9-20(17)21)14-28-15-19-6-2-10-26-19/h16-21,26H,1-15H2. The zero-order chi connectivity index (χ0) is 19.6. The molecule has 1 N–H and O–H groups in total. The summed E-state index contributed by atoms with van der Waals surface area (Å²) in [6.07, 6.45) is 6.59. The molecule has 0 bridgehead atoms. The molecular weight excluding hydrogens is 365 g/mol. The van der Waals surface area contributed by atoms with Crippen molar-refractivity contribution in [1.29, 1.82) is 0 Å². The fraction of sp³-hybridized carbons (Fsp3) is 1.00. The molecule has 2 heterocycles. The summed E-state index contributed by atoms with van der Waals surface area (Å²) in [5, 5.41) is 3.49. The Morgan fingerprint density at radius 2 is 1.82 bits per heavy atom. The predicted octanol–water partition coefficient (Wildman–Crippen LogP) is 4.61. The lowest BCUT2D eigenvalue weighted by molar-refractivity contribution is -0.191. The summed E-state index contributed by atoms with van der Waals surface area (Å²) >= 11 is 0. The number of hydrogen-bond donors (Lipinski definition) is 1. The molecule has 0 radical (unpaired) electrons. The molecule has 6 heteroatoms. The first kappa shape index (κ1) is 20.9. The van der Waals surface area contributed by atoms with Crippen LogP contribution >= 0.6 is 0 Å². The largest absolute Gasteiger partial charge is 0.393 e. The van der Waals surface area contributed by atoms with Crippen molar-refractivity contribution < 1.29 is 17.9 Å². The van der Waals surface area contributed by atoms with Gasteiger partial charge in [-0.15, -0.1) is 0 Å². The Morgan fingerprint density at radius 1 is 0.929 bits per heavy atom. The van der Waals surface area contributed by atoms with Crippen molar-refractivity contribution in [2.24, 2.45) is 23.7 Å². The molecule has 2 aliphatic carbocycles. The minimum absolute atomic E-state index is 0.234. The Morgan fingerprint density at radius 3 is 2.61 bits per heavy atom. The maximum atomic E-state index is 13.3. The molecule has 3 nitrogen and oxygen atoms in total. The third-order valence-corrected chi connectivity index (χ3v) is 7.94. The first-order chi connectivity index (χ1) is 13.5. The van der Waals surface area contributed by atoms with Crippen LogP contribution in [0.1, 0.15) is 64.2 Å². The summed E-state index contributed by atoms with van der Waals surface area (Å²) in [6, 6.07) is 0.921. The Balaban J connectivity index is 1.27. The minimum atomic E-state index is -4.03. The molecule has 6 atom stereocenters. The lowest BCUT2D eigenvalue weighted by Crippen LogP contribution is -2.52. The zero-order valence-corrected chi connectivity index (χ0v) is 17.1. The van der Waals surface area contributed by atoms with Gasteiger partial charge in [0.1, 0.15) is 0 Å². The van der Waals surface area contributed by atoms with Gasteiger partial charge in [0.25, 0.3) is 0 Å². The van der Waals surface area contributed by atoms with Crippen LogP contribution in [0.4, 0.5) is 13.2 Å². The number of nitrogens with zero attached hydrogens (tertiary/aromatic N) is 1. The highest BCUT2D eigenvalue weighted by Gasteiger charge is 2.46. The molecule has 2 saturated carbocycles. The molecule has 2 aliphatic heterocycles. The van der Waals surface area contributed by atoms with Crippen LogP contribution in [0.3, 0.4) is 0 Å². The number of nitrogens with one attached hydrogen (secondary N) is 1. The number of halogens is 3. The fourth-order valence-electron chi connectivity index (χ4n) is 6.48. The summed E-state index contributed by atoms with van der Waals surface area (Å²) in [5.41, 5.74) is 0. The van der Waals surface area contributed by atoms with Crippen LogP contribution in [0.2, 0.25) is 0 Å². The molecule has 0 spiro atoms. The smallest absolute Gasteiger partial charge is 0.380 e. The van der Waals surface area contributed by atoms with E-state index in [0.717, 1.165) is 32.7 Å². The van der Waals surface area contributed by atoms with E-state index in [1.165, 1.54) is 44.9 Å². The van der Waals surface area contributed by atoms with E-state index in [9.17, 15) is 13.2 Å². The van der Waals surface area contributed by atoms with E-state index in [1.807, 2.05) is 0 Å². The number of likely N-dealkylation sites (tertiary alicyclic amines) is 1. The van der Waals surface area contributed by atoms with Crippen LogP contribution in [0.15, 0.2) is 0 Å². The minimum Gasteiger partial charge on any atom is -0.380 e. The molecule has 4 rings (SSSR count). The maximum absolute atomic E-state index is 13.3. The Labute approximate surface area is 167 Å². The van der Waals surface area contributed by atoms with Gasteiger partial charge < -0.3 is 10.1 Å². The summed E-state index contributed by atoms with van der Waals surface area (Å²) < 4.78 is 45.8. The van der Waals surface area contributed by atoms with Crippen LogP contribution in [0, 0.1) is 23.7 Å². The van der Waals surface area contributed by atoms with E-state index in [-0.39, 0.29) is 6.54 Å². The fourth-order valence-corrected chi connectivity index (χ4v) is 6.48. The monoisotopic (exact) mass is 402 g/mol. The van der Waals surface area contributed by atoms with Crippen LogP contribution in [0.25, 0.3) is 0 Å². The van der Waals surface area contributed by atoms with E-state index in [2.05, 4.69) is 10.2 Å². The molecule has 4 aliphatic rings. The van der Waals surface area contributed by atoms with Crippen molar-refractivity contribution in [2.75, 3.05) is 32.8 Å². The number of hydrogen-bond acceptors (Lipinski definition) is 3. The Kier molecular flexibility index (Phi) is 6.89. The molecule has 2 saturated heterocycles. The number of ether oxygens (including phenoxy) is 1. The zero-order valence-electron chi connectivity index (χ0n) is 17.1. The summed E-state index contributed by atoms with van der Waals surface area (Å²) in [4.78, 5) is 2.22. The molecule has 0 aromatic rings. The quantitative estimate of drug-likeness (QED) is 0.727. The van der Waals surface area contributed by atoms with Gasteiger partial charge in [-0.1, -0.05) is 12.8 Å². The first-order valence-corrected chi connectivity index (χ1v) is 11.6. The van der Waals surface area contributed by atoms with Crippen LogP contribution in [-0.4, -0.2) is 56.0 Å². The number of piperidine rings is 1. The van der Waals surface area contributed by atoms with Gasteiger partial charge in [0.15, 0.2) is 0 Å². The summed E-state index contributed by atoms with van der Waals surface area (Å²) in [7, 11) is 0. The van der Waals surface area contributed by atoms with E-state index in [0.29, 0.717) is 42.7 Å². The number of alkyl halides is 3. The SMILES string of the molecule is FC(F)(F)C1CCCN(C2CCCC3CC(COCC4CCCN4)CCC32)C1. The average molecular weight is 403 g/mol. The highest BCUT2D eigenvalue weighted by molar-refractivity contribution is 4.94. The van der Waals surface area contributed by atoms with Crippen molar-refractivity contribution >= 4 is 0 Å². The normalized spacial score (nSPS) is 40.4. The van der Waals surface area contributed by atoms with Gasteiger partial charge in [-0.25, -0.2) is 0 Å². The van der Waals surface area contributed by atoms with Crippen molar-refractivity contribution in [3.63, 3.8) is 0 Å². The van der Waals surface area contributed by atoms with Gasteiger partial charge in [0, 0.05) is 25.2 Å². The molecule has 0 amide bonds. The average Bonchev–Trinajstić information content (AvgIpc) is 3.20. The predicted molar refractivity (Wildman–Crippen MR) is 104 cm³/mol. The summed E-state index contributed by atoms with van der Waals surface area (Å²) in [6.45, 7) is 3.92. The second-order valence-corrected chi connectivity index (χ2v) is 9.81. The van der Waals surface area contributed by atoms with Crippen LogP contribution < -0.4 is 5.32 Å². The third-order valence-electron chi connectivity index (χ3n) is 7.94. The molecule has 0 aromatic heterocycles. The topological polar surface area (TPSA) is 24.5 Å². The molecule has 0 aromatic carbocycles. The van der Waals surface area contributed by atoms with Crippen LogP contribution in [-0.2, 0) is 4.74 Å². The second kappa shape index (κ2) is 9.22. The van der Waals surface area contributed by atoms with Crippen molar-refractivity contribution in [3.05, 3.63) is 0 Å². The van der Waals surface area contributed by atoms with E-state index < -0.39 is 12.1 Å². The molecule has 6 unspecified atom stereocenters. The lowest BCUT2D eigenvalue weighted by Gasteiger charge is -2.50. The van der Waals surface area contributed by atoms with E-state index in [4.69, 9.17) is 4.74 Å². The molecule has 4 fully saturated rings. The Hall–Kier alpha value is -0.330. The van der Waals surface area contributed by atoms with Crippen molar-refractivity contribution in [2.45, 2.75) is 82.5 Å². The first-order valence-electron chi connectivity index (χ1n) is 11.6. The number of fused-ring (bicyclic) bond motifs is 1. The van der Waals surface area contributed by atoms with Crippen LogP contribution in [0.5, 0.6) is 0 Å². The van der Waals surface area contributed by atoms with Gasteiger partial charge in [0.2, 0.25) is 0 Å². The third kappa shape index (κ3) is 5.04. The van der Waals surface area contributed by atoms with E-state index in [1.54, 1.807) is 0 Å². The lowest BCUT2D eigenvalue weighted by atomic mass is 9.65. The highest BCUT2D eigenvalue weighted by Crippen LogP contribution is 2.46. The summed E-state index contributed by atoms with van der Waals surface area (Å²) in [5.74, 6) is 0.826. The van der Waals surface area contributed by atoms with Crippen molar-refractivity contribution in [3.8, 4) is 0 Å². The van der Waals surface area contributed by atoms with Gasteiger partial charge in [-0.2, -0.15) is 13.2 Å². The van der Waals surface area contributed by atoms with Gasteiger partial charge >= 0.3 is 6.18 Å².